The second-order valence-electron chi connectivity index (χ2n) is 10.9. The van der Waals surface area contributed by atoms with E-state index in [1.54, 1.807) is 17.0 Å². The van der Waals surface area contributed by atoms with E-state index in [9.17, 15) is 27.6 Å². The van der Waals surface area contributed by atoms with Gasteiger partial charge in [-0.1, -0.05) is 27.2 Å². The van der Waals surface area contributed by atoms with Crippen LogP contribution in [0.25, 0.3) is 0 Å². The number of ether oxygens (including phenoxy) is 1. The van der Waals surface area contributed by atoms with Crippen LogP contribution in [0.3, 0.4) is 0 Å². The van der Waals surface area contributed by atoms with Crippen LogP contribution in [0.4, 0.5) is 23.7 Å². The summed E-state index contributed by atoms with van der Waals surface area (Å²) in [6, 6.07) is 7.66. The molecule has 1 aromatic carbocycles. The number of carboxylic acids is 1. The molecule has 1 aliphatic carbocycles. The molecule has 0 bridgehead atoms. The van der Waals surface area contributed by atoms with E-state index in [2.05, 4.69) is 41.1 Å². The Balaban J connectivity index is 1.73. The Morgan fingerprint density at radius 2 is 1.71 bits per heavy atom. The second kappa shape index (κ2) is 13.7. The molecule has 0 saturated heterocycles. The van der Waals surface area contributed by atoms with Crippen molar-refractivity contribution in [3.8, 4) is 5.75 Å². The van der Waals surface area contributed by atoms with Crippen LogP contribution in [-0.2, 0) is 11.3 Å². The fourth-order valence-corrected chi connectivity index (χ4v) is 4.97. The average Bonchev–Trinajstić information content (AvgIpc) is 2.92. The molecule has 0 unspecified atom stereocenters. The van der Waals surface area contributed by atoms with Crippen LogP contribution in [0.2, 0.25) is 0 Å². The fourth-order valence-electron chi connectivity index (χ4n) is 4.97. The highest BCUT2D eigenvalue weighted by Gasteiger charge is 2.35. The highest BCUT2D eigenvalue weighted by molar-refractivity contribution is 5.94. The topological polar surface area (TPSA) is 121 Å². The van der Waals surface area contributed by atoms with E-state index >= 15 is 0 Å². The number of alkyl halides is 3. The number of rotatable bonds is 11. The zero-order chi connectivity index (χ0) is 30.2. The molecule has 9 nitrogen and oxygen atoms in total. The van der Waals surface area contributed by atoms with Crippen LogP contribution in [0.1, 0.15) is 75.3 Å². The summed E-state index contributed by atoms with van der Waals surface area (Å²) in [5, 5.41) is 14.0. The van der Waals surface area contributed by atoms with Gasteiger partial charge in [0.05, 0.1) is 24.2 Å². The molecule has 41 heavy (non-hydrogen) atoms. The smallest absolute Gasteiger partial charge is 0.481 e. The van der Waals surface area contributed by atoms with Gasteiger partial charge in [0, 0.05) is 24.5 Å². The second-order valence-corrected chi connectivity index (χ2v) is 10.9. The molecule has 12 heteroatoms. The van der Waals surface area contributed by atoms with Gasteiger partial charge in [-0.25, -0.2) is 4.79 Å². The van der Waals surface area contributed by atoms with Gasteiger partial charge in [0.15, 0.2) is 0 Å². The van der Waals surface area contributed by atoms with E-state index in [0.717, 1.165) is 44.2 Å². The summed E-state index contributed by atoms with van der Waals surface area (Å²) in [4.78, 5) is 42.5. The lowest BCUT2D eigenvalue weighted by molar-refractivity contribution is -0.274. The van der Waals surface area contributed by atoms with Gasteiger partial charge in [-0.2, -0.15) is 0 Å². The first-order chi connectivity index (χ1) is 19.3. The molecular weight excluding hydrogens is 541 g/mol. The molecular formula is C29H37F3N4O5. The summed E-state index contributed by atoms with van der Waals surface area (Å²) in [5.74, 6) is -1.32. The molecule has 0 spiro atoms. The van der Waals surface area contributed by atoms with E-state index < -0.39 is 24.3 Å². The van der Waals surface area contributed by atoms with Gasteiger partial charge in [0.2, 0.25) is 0 Å². The Morgan fingerprint density at radius 3 is 2.24 bits per heavy atom. The number of nitrogens with zero attached hydrogens (tertiary/aromatic N) is 2. The Morgan fingerprint density at radius 1 is 1.05 bits per heavy atom. The van der Waals surface area contributed by atoms with E-state index in [0.29, 0.717) is 17.3 Å². The maximum absolute atomic E-state index is 13.5. The van der Waals surface area contributed by atoms with Gasteiger partial charge < -0.3 is 25.4 Å². The summed E-state index contributed by atoms with van der Waals surface area (Å²) in [6.07, 6.45) is 0.936. The highest BCUT2D eigenvalue weighted by atomic mass is 19.4. The molecule has 224 valence electrons. The van der Waals surface area contributed by atoms with Crippen molar-refractivity contribution in [1.82, 2.24) is 15.2 Å². The van der Waals surface area contributed by atoms with Crippen molar-refractivity contribution in [1.29, 1.82) is 0 Å². The number of hydrogen-bond donors (Lipinski definition) is 3. The third-order valence-corrected chi connectivity index (χ3v) is 7.80. The molecule has 1 heterocycles. The number of aliphatic carboxylic acids is 1. The first-order valence-corrected chi connectivity index (χ1v) is 13.7. The number of halogens is 3. The van der Waals surface area contributed by atoms with Crippen molar-refractivity contribution in [2.45, 2.75) is 78.2 Å². The highest BCUT2D eigenvalue weighted by Crippen LogP contribution is 2.41. The van der Waals surface area contributed by atoms with Crippen LogP contribution in [0, 0.1) is 11.3 Å². The van der Waals surface area contributed by atoms with E-state index in [-0.39, 0.29) is 42.3 Å². The number of carboxylic acid groups (broad SMARTS) is 1. The van der Waals surface area contributed by atoms with E-state index in [4.69, 9.17) is 5.11 Å². The van der Waals surface area contributed by atoms with Gasteiger partial charge in [-0.15, -0.1) is 13.2 Å². The molecule has 3 rings (SSSR count). The minimum absolute atomic E-state index is 0.00924. The predicted molar refractivity (Wildman–Crippen MR) is 146 cm³/mol. The van der Waals surface area contributed by atoms with Crippen molar-refractivity contribution in [3.05, 3.63) is 53.9 Å². The average molecular weight is 579 g/mol. The Bertz CT molecular complexity index is 1180. The lowest BCUT2D eigenvalue weighted by atomic mass is 9.68. The molecule has 0 aliphatic heterocycles. The van der Waals surface area contributed by atoms with Crippen LogP contribution < -0.4 is 15.4 Å². The lowest BCUT2D eigenvalue weighted by Gasteiger charge is -2.42. The van der Waals surface area contributed by atoms with Gasteiger partial charge in [-0.3, -0.25) is 14.6 Å². The van der Waals surface area contributed by atoms with Crippen molar-refractivity contribution in [2.24, 2.45) is 11.3 Å². The summed E-state index contributed by atoms with van der Waals surface area (Å²) in [5.41, 5.74) is 1.32. The summed E-state index contributed by atoms with van der Waals surface area (Å²) < 4.78 is 41.4. The number of carbonyl (C=O) groups is 3. The third-order valence-electron chi connectivity index (χ3n) is 7.80. The van der Waals surface area contributed by atoms with Crippen molar-refractivity contribution < 1.29 is 37.4 Å². The zero-order valence-corrected chi connectivity index (χ0v) is 23.5. The van der Waals surface area contributed by atoms with Crippen molar-refractivity contribution in [3.63, 3.8) is 0 Å². The van der Waals surface area contributed by atoms with Crippen LogP contribution in [0.5, 0.6) is 5.75 Å². The number of aromatic nitrogens is 1. The number of anilines is 1. The number of benzene rings is 1. The SMILES string of the molecule is CCC(C)(C)C1CCC(N(Cc2ccc(C(=O)NCCC(=O)O)cn2)C(=O)Nc2ccc(OC(F)(F)F)cc2)CC1. The lowest BCUT2D eigenvalue weighted by Crippen LogP contribution is -2.45. The Kier molecular flexibility index (Phi) is 10.6. The maximum Gasteiger partial charge on any atom is 0.573 e. The van der Waals surface area contributed by atoms with Gasteiger partial charge in [-0.05, 0) is 73.4 Å². The number of hydrogen-bond acceptors (Lipinski definition) is 5. The maximum atomic E-state index is 13.5. The molecule has 1 saturated carbocycles. The molecule has 3 amide bonds. The summed E-state index contributed by atoms with van der Waals surface area (Å²) >= 11 is 0. The van der Waals surface area contributed by atoms with Gasteiger partial charge in [0.1, 0.15) is 5.75 Å². The van der Waals surface area contributed by atoms with Crippen molar-refractivity contribution >= 4 is 23.6 Å². The molecule has 2 aromatic rings. The van der Waals surface area contributed by atoms with E-state index in [1.165, 1.54) is 18.3 Å². The Hall–Kier alpha value is -3.83. The number of urea groups is 1. The minimum Gasteiger partial charge on any atom is -0.481 e. The number of nitrogens with one attached hydrogen (secondary N) is 2. The van der Waals surface area contributed by atoms with Crippen molar-refractivity contribution in [2.75, 3.05) is 11.9 Å². The molecule has 0 radical (unpaired) electrons. The molecule has 0 atom stereocenters. The number of carbonyl (C=O) groups excluding carboxylic acids is 2. The van der Waals surface area contributed by atoms with Crippen LogP contribution in [0.15, 0.2) is 42.6 Å². The predicted octanol–water partition coefficient (Wildman–Crippen LogP) is 6.21. The Labute approximate surface area is 237 Å². The van der Waals surface area contributed by atoms with Crippen LogP contribution in [-0.4, -0.2) is 51.8 Å². The molecule has 1 fully saturated rings. The third kappa shape index (κ3) is 9.65. The monoisotopic (exact) mass is 578 g/mol. The van der Waals surface area contributed by atoms with E-state index in [1.807, 2.05) is 0 Å². The largest absolute Gasteiger partial charge is 0.573 e. The van der Waals surface area contributed by atoms with Crippen LogP contribution >= 0.6 is 0 Å². The quantitative estimate of drug-likeness (QED) is 0.291. The zero-order valence-electron chi connectivity index (χ0n) is 23.5. The van der Waals surface area contributed by atoms with Gasteiger partial charge >= 0.3 is 18.4 Å². The first kappa shape index (κ1) is 31.7. The summed E-state index contributed by atoms with van der Waals surface area (Å²) in [6.45, 7) is 6.85. The standard InChI is InChI=1S/C29H37F3N4O5/c1-4-28(2,3)20-6-11-23(12-7-20)36(27(40)35-21-9-13-24(14-10-21)41-29(30,31)32)18-22-8-5-19(17-34-22)26(39)33-16-15-25(37)38/h5,8-10,13-14,17,20,23H,4,6-7,11-12,15-16,18H2,1-3H3,(H,33,39)(H,35,40)(H,37,38). The fraction of sp³-hybridized carbons (Fsp3) is 0.517. The number of amides is 3. The first-order valence-electron chi connectivity index (χ1n) is 13.7. The molecule has 1 aliphatic rings. The summed E-state index contributed by atoms with van der Waals surface area (Å²) in [7, 11) is 0. The number of pyridine rings is 1. The minimum atomic E-state index is -4.81. The molecule has 3 N–H and O–H groups in total. The molecule has 1 aromatic heterocycles. The van der Waals surface area contributed by atoms with Gasteiger partial charge in [0.25, 0.3) is 5.91 Å². The normalized spacial score (nSPS) is 17.4.